The average molecular weight is 197 g/mol. The molecular formula is C11H19NO2. The van der Waals surface area contributed by atoms with Crippen LogP contribution in [0.1, 0.15) is 44.9 Å². The van der Waals surface area contributed by atoms with Crippen molar-refractivity contribution >= 4 is 5.91 Å². The molecule has 2 aliphatic heterocycles. The van der Waals surface area contributed by atoms with Crippen LogP contribution in [0.3, 0.4) is 0 Å². The minimum Gasteiger partial charge on any atom is -0.394 e. The van der Waals surface area contributed by atoms with Gasteiger partial charge in [0.05, 0.1) is 12.6 Å². The van der Waals surface area contributed by atoms with E-state index in [1.807, 2.05) is 4.90 Å². The lowest BCUT2D eigenvalue weighted by atomic mass is 9.97. The second-order valence-electron chi connectivity index (χ2n) is 4.47. The maximum atomic E-state index is 11.8. The maximum Gasteiger partial charge on any atom is 0.223 e. The van der Waals surface area contributed by atoms with Gasteiger partial charge in [-0.1, -0.05) is 12.8 Å². The van der Waals surface area contributed by atoms with Crippen LogP contribution in [0, 0.1) is 0 Å². The fraction of sp³-hybridized carbons (Fsp3) is 0.909. The van der Waals surface area contributed by atoms with Gasteiger partial charge in [-0.05, 0) is 25.7 Å². The van der Waals surface area contributed by atoms with E-state index < -0.39 is 0 Å². The van der Waals surface area contributed by atoms with Crippen LogP contribution < -0.4 is 0 Å². The van der Waals surface area contributed by atoms with Crippen LogP contribution >= 0.6 is 0 Å². The van der Waals surface area contributed by atoms with Crippen molar-refractivity contribution in [3.8, 4) is 0 Å². The molecule has 1 amide bonds. The number of rotatable bonds is 1. The topological polar surface area (TPSA) is 40.5 Å². The number of aliphatic hydroxyl groups excluding tert-OH is 1. The molecule has 0 aromatic rings. The van der Waals surface area contributed by atoms with E-state index in [0.29, 0.717) is 12.5 Å². The van der Waals surface area contributed by atoms with E-state index in [2.05, 4.69) is 0 Å². The third-order valence-electron chi connectivity index (χ3n) is 3.54. The van der Waals surface area contributed by atoms with Gasteiger partial charge in [0.2, 0.25) is 5.91 Å². The van der Waals surface area contributed by atoms with Gasteiger partial charge in [0.15, 0.2) is 0 Å². The second kappa shape index (κ2) is 4.30. The van der Waals surface area contributed by atoms with Gasteiger partial charge in [-0.2, -0.15) is 0 Å². The Bertz CT molecular complexity index is 209. The summed E-state index contributed by atoms with van der Waals surface area (Å²) < 4.78 is 0. The largest absolute Gasteiger partial charge is 0.394 e. The van der Waals surface area contributed by atoms with Crippen LogP contribution in [0.15, 0.2) is 0 Å². The molecule has 0 aromatic carbocycles. The van der Waals surface area contributed by atoms with Gasteiger partial charge < -0.3 is 10.0 Å². The summed E-state index contributed by atoms with van der Waals surface area (Å²) in [6, 6.07) is 0.534. The highest BCUT2D eigenvalue weighted by Crippen LogP contribution is 2.29. The van der Waals surface area contributed by atoms with Crippen LogP contribution in [0.2, 0.25) is 0 Å². The highest BCUT2D eigenvalue weighted by atomic mass is 16.3. The summed E-state index contributed by atoms with van der Waals surface area (Å²) in [6.07, 6.45) is 7.37. The quantitative estimate of drug-likeness (QED) is 0.688. The molecule has 0 spiro atoms. The average Bonchev–Trinajstić information content (AvgIpc) is 2.40. The first-order valence-electron chi connectivity index (χ1n) is 5.75. The molecule has 80 valence electrons. The van der Waals surface area contributed by atoms with Crippen LogP contribution in [-0.2, 0) is 4.79 Å². The molecule has 2 heterocycles. The minimum absolute atomic E-state index is 0.107. The van der Waals surface area contributed by atoms with Crippen molar-refractivity contribution in [2.45, 2.75) is 57.0 Å². The summed E-state index contributed by atoms with van der Waals surface area (Å²) in [7, 11) is 0. The molecule has 2 saturated heterocycles. The Balaban J connectivity index is 2.14. The van der Waals surface area contributed by atoms with Crippen molar-refractivity contribution in [2.24, 2.45) is 0 Å². The van der Waals surface area contributed by atoms with E-state index in [-0.39, 0.29) is 18.6 Å². The standard InChI is InChI=1S/C11H19NO2/c13-8-10-5-2-1-4-9-6-3-7-11(14)12(9)10/h9-10,13H,1-8H2. The highest BCUT2D eigenvalue weighted by molar-refractivity contribution is 5.77. The summed E-state index contributed by atoms with van der Waals surface area (Å²) >= 11 is 0. The Morgan fingerprint density at radius 1 is 1.21 bits per heavy atom. The predicted molar refractivity (Wildman–Crippen MR) is 53.8 cm³/mol. The van der Waals surface area contributed by atoms with Crippen molar-refractivity contribution in [3.05, 3.63) is 0 Å². The van der Waals surface area contributed by atoms with Gasteiger partial charge in [-0.25, -0.2) is 0 Å². The molecule has 2 unspecified atom stereocenters. The predicted octanol–water partition coefficient (Wildman–Crippen LogP) is 1.30. The molecule has 0 radical (unpaired) electrons. The van der Waals surface area contributed by atoms with Gasteiger partial charge in [-0.3, -0.25) is 4.79 Å². The highest BCUT2D eigenvalue weighted by Gasteiger charge is 2.34. The second-order valence-corrected chi connectivity index (χ2v) is 4.47. The number of nitrogens with zero attached hydrogens (tertiary/aromatic N) is 1. The van der Waals surface area contributed by atoms with E-state index in [1.165, 1.54) is 6.42 Å². The normalized spacial score (nSPS) is 33.8. The zero-order valence-corrected chi connectivity index (χ0v) is 8.61. The minimum atomic E-state index is 0.107. The Labute approximate surface area is 85.1 Å². The van der Waals surface area contributed by atoms with Crippen LogP contribution in [-0.4, -0.2) is 34.6 Å². The molecule has 3 nitrogen and oxygen atoms in total. The third kappa shape index (κ3) is 1.78. The number of carbonyl (C=O) groups is 1. The number of hydrogen-bond donors (Lipinski definition) is 1. The van der Waals surface area contributed by atoms with E-state index in [1.54, 1.807) is 0 Å². The third-order valence-corrected chi connectivity index (χ3v) is 3.54. The molecule has 3 heteroatoms. The number of piperidine rings is 1. The molecule has 1 N–H and O–H groups in total. The summed E-state index contributed by atoms with van der Waals surface area (Å²) in [4.78, 5) is 13.7. The SMILES string of the molecule is O=C1CCCC2CCCCC(CO)N12. The molecule has 2 fully saturated rings. The molecule has 0 saturated carbocycles. The lowest BCUT2D eigenvalue weighted by Crippen LogP contribution is -2.50. The van der Waals surface area contributed by atoms with E-state index in [4.69, 9.17) is 0 Å². The van der Waals surface area contributed by atoms with Gasteiger partial charge in [0.1, 0.15) is 0 Å². The first kappa shape index (κ1) is 9.97. The molecule has 2 aliphatic rings. The Kier molecular flexibility index (Phi) is 3.06. The summed E-state index contributed by atoms with van der Waals surface area (Å²) in [5.74, 6) is 0.266. The summed E-state index contributed by atoms with van der Waals surface area (Å²) in [5, 5.41) is 9.28. The summed E-state index contributed by atoms with van der Waals surface area (Å²) in [5.41, 5.74) is 0. The van der Waals surface area contributed by atoms with Gasteiger partial charge >= 0.3 is 0 Å². The van der Waals surface area contributed by atoms with Crippen LogP contribution in [0.4, 0.5) is 0 Å². The number of aliphatic hydroxyl groups is 1. The first-order chi connectivity index (χ1) is 6.83. The number of hydrogen-bond acceptors (Lipinski definition) is 2. The molecule has 0 bridgehead atoms. The van der Waals surface area contributed by atoms with E-state index in [9.17, 15) is 9.90 Å². The lowest BCUT2D eigenvalue weighted by Gasteiger charge is -2.39. The fourth-order valence-corrected chi connectivity index (χ4v) is 2.82. The maximum absolute atomic E-state index is 11.8. The van der Waals surface area contributed by atoms with E-state index in [0.717, 1.165) is 32.1 Å². The van der Waals surface area contributed by atoms with Crippen molar-refractivity contribution in [2.75, 3.05) is 6.61 Å². The fourth-order valence-electron chi connectivity index (χ4n) is 2.82. The Morgan fingerprint density at radius 2 is 1.93 bits per heavy atom. The zero-order chi connectivity index (χ0) is 9.97. The van der Waals surface area contributed by atoms with Crippen molar-refractivity contribution in [3.63, 3.8) is 0 Å². The molecular weight excluding hydrogens is 178 g/mol. The van der Waals surface area contributed by atoms with Crippen molar-refractivity contribution in [1.82, 2.24) is 4.90 Å². The number of carbonyl (C=O) groups excluding carboxylic acids is 1. The van der Waals surface area contributed by atoms with E-state index >= 15 is 0 Å². The Morgan fingerprint density at radius 3 is 2.71 bits per heavy atom. The number of fused-ring (bicyclic) bond motifs is 1. The van der Waals surface area contributed by atoms with Crippen molar-refractivity contribution < 1.29 is 9.90 Å². The molecule has 0 aliphatic carbocycles. The first-order valence-corrected chi connectivity index (χ1v) is 5.75. The van der Waals surface area contributed by atoms with Crippen LogP contribution in [0.25, 0.3) is 0 Å². The molecule has 2 rings (SSSR count). The number of amides is 1. The van der Waals surface area contributed by atoms with Crippen molar-refractivity contribution in [1.29, 1.82) is 0 Å². The van der Waals surface area contributed by atoms with Gasteiger partial charge in [0.25, 0.3) is 0 Å². The smallest absolute Gasteiger partial charge is 0.223 e. The van der Waals surface area contributed by atoms with Gasteiger partial charge in [-0.15, -0.1) is 0 Å². The monoisotopic (exact) mass is 197 g/mol. The van der Waals surface area contributed by atoms with Gasteiger partial charge in [0, 0.05) is 12.5 Å². The summed E-state index contributed by atoms with van der Waals surface area (Å²) in [6.45, 7) is 0.141. The molecule has 14 heavy (non-hydrogen) atoms. The Hall–Kier alpha value is -0.570. The zero-order valence-electron chi connectivity index (χ0n) is 8.61. The molecule has 2 atom stereocenters. The lowest BCUT2D eigenvalue weighted by molar-refractivity contribution is -0.140. The van der Waals surface area contributed by atoms with Crippen LogP contribution in [0.5, 0.6) is 0 Å². The molecule has 0 aromatic heterocycles.